The first-order valence-corrected chi connectivity index (χ1v) is 5.99. The summed E-state index contributed by atoms with van der Waals surface area (Å²) in [4.78, 5) is 10.3. The molecule has 0 aromatic heterocycles. The van der Waals surface area contributed by atoms with Crippen LogP contribution < -0.4 is 0 Å². The fourth-order valence-electron chi connectivity index (χ4n) is 1.72. The number of allylic oxidation sites excluding steroid dienone is 2. The summed E-state index contributed by atoms with van der Waals surface area (Å²) in [5.41, 5.74) is 3.39. The van der Waals surface area contributed by atoms with E-state index in [-0.39, 0.29) is 0 Å². The zero-order chi connectivity index (χ0) is 13.5. The van der Waals surface area contributed by atoms with Crippen molar-refractivity contribution < 1.29 is 9.90 Å². The first-order valence-electron chi connectivity index (χ1n) is 5.99. The summed E-state index contributed by atoms with van der Waals surface area (Å²) in [5.74, 6) is -0.941. The fourth-order valence-corrected chi connectivity index (χ4v) is 1.72. The van der Waals surface area contributed by atoms with E-state index in [1.165, 1.54) is 17.2 Å². The molecule has 2 rings (SSSR count). The predicted molar refractivity (Wildman–Crippen MR) is 77.7 cm³/mol. The van der Waals surface area contributed by atoms with Crippen LogP contribution in [0, 0.1) is 0 Å². The second-order valence-corrected chi connectivity index (χ2v) is 4.04. The van der Waals surface area contributed by atoms with E-state index in [2.05, 4.69) is 24.3 Å². The molecule has 19 heavy (non-hydrogen) atoms. The van der Waals surface area contributed by atoms with E-state index < -0.39 is 5.97 Å². The van der Waals surface area contributed by atoms with Crippen LogP contribution in [0.15, 0.2) is 72.8 Å². The van der Waals surface area contributed by atoms with E-state index in [0.29, 0.717) is 0 Å². The second-order valence-electron chi connectivity index (χ2n) is 4.04. The molecule has 0 amide bonds. The summed E-state index contributed by atoms with van der Waals surface area (Å²) in [6, 6.07) is 18.3. The Hall–Kier alpha value is -2.61. The SMILES string of the molecule is O=C(O)C=CC=Cc1ccc(-c2ccccc2)cc1. The third-order valence-electron chi connectivity index (χ3n) is 2.66. The average molecular weight is 250 g/mol. The molecule has 1 N–H and O–H groups in total. The Morgan fingerprint density at radius 1 is 0.842 bits per heavy atom. The number of rotatable bonds is 4. The van der Waals surface area contributed by atoms with Gasteiger partial charge in [-0.3, -0.25) is 0 Å². The maximum atomic E-state index is 10.3. The number of carbonyl (C=O) groups is 1. The lowest BCUT2D eigenvalue weighted by atomic mass is 10.0. The van der Waals surface area contributed by atoms with Crippen molar-refractivity contribution in [1.82, 2.24) is 0 Å². The molecule has 0 radical (unpaired) electrons. The molecule has 94 valence electrons. The van der Waals surface area contributed by atoms with Crippen LogP contribution in [-0.2, 0) is 4.79 Å². The van der Waals surface area contributed by atoms with E-state index >= 15 is 0 Å². The molecule has 0 spiro atoms. The Bertz CT molecular complexity index is 593. The lowest BCUT2D eigenvalue weighted by Gasteiger charge is -2.01. The largest absolute Gasteiger partial charge is 0.478 e. The summed E-state index contributed by atoms with van der Waals surface area (Å²) < 4.78 is 0. The van der Waals surface area contributed by atoms with Gasteiger partial charge in [-0.1, -0.05) is 72.8 Å². The summed E-state index contributed by atoms with van der Waals surface area (Å²) in [7, 11) is 0. The monoisotopic (exact) mass is 250 g/mol. The van der Waals surface area contributed by atoms with Crippen molar-refractivity contribution in [2.45, 2.75) is 0 Å². The molecule has 0 aliphatic heterocycles. The van der Waals surface area contributed by atoms with Crippen molar-refractivity contribution in [3.63, 3.8) is 0 Å². The molecule has 2 nitrogen and oxygen atoms in total. The molecule has 2 heteroatoms. The van der Waals surface area contributed by atoms with Gasteiger partial charge in [-0.25, -0.2) is 4.79 Å². The predicted octanol–water partition coefficient (Wildman–Crippen LogP) is 4.01. The van der Waals surface area contributed by atoms with Gasteiger partial charge >= 0.3 is 5.97 Å². The van der Waals surface area contributed by atoms with E-state index in [0.717, 1.165) is 11.6 Å². The highest BCUT2D eigenvalue weighted by Crippen LogP contribution is 2.19. The second kappa shape index (κ2) is 6.36. The number of hydrogen-bond donors (Lipinski definition) is 1. The number of carboxylic acids is 1. The topological polar surface area (TPSA) is 37.3 Å². The van der Waals surface area contributed by atoms with Gasteiger partial charge in [0.05, 0.1) is 0 Å². The normalized spacial score (nSPS) is 11.2. The van der Waals surface area contributed by atoms with E-state index in [1.54, 1.807) is 6.08 Å². The molecule has 2 aromatic rings. The minimum Gasteiger partial charge on any atom is -0.478 e. The maximum Gasteiger partial charge on any atom is 0.328 e. The van der Waals surface area contributed by atoms with E-state index in [1.807, 2.05) is 36.4 Å². The Labute approximate surface area is 112 Å². The number of aliphatic carboxylic acids is 1. The van der Waals surface area contributed by atoms with Crippen molar-refractivity contribution >= 4 is 12.0 Å². The summed E-state index contributed by atoms with van der Waals surface area (Å²) in [5, 5.41) is 8.45. The third kappa shape index (κ3) is 3.96. The lowest BCUT2D eigenvalue weighted by molar-refractivity contribution is -0.131. The van der Waals surface area contributed by atoms with Crippen LogP contribution >= 0.6 is 0 Å². The van der Waals surface area contributed by atoms with Crippen LogP contribution in [0.25, 0.3) is 17.2 Å². The van der Waals surface area contributed by atoms with Crippen LogP contribution in [0.2, 0.25) is 0 Å². The Morgan fingerprint density at radius 3 is 2.11 bits per heavy atom. The summed E-state index contributed by atoms with van der Waals surface area (Å²) in [6.45, 7) is 0. The number of hydrogen-bond acceptors (Lipinski definition) is 1. The van der Waals surface area contributed by atoms with Gasteiger partial charge in [0.15, 0.2) is 0 Å². The molecule has 0 aliphatic carbocycles. The average Bonchev–Trinajstić information content (AvgIpc) is 2.45. The molecule has 0 unspecified atom stereocenters. The van der Waals surface area contributed by atoms with Crippen LogP contribution in [0.1, 0.15) is 5.56 Å². The molecule has 0 aliphatic rings. The highest BCUT2D eigenvalue weighted by atomic mass is 16.4. The van der Waals surface area contributed by atoms with Crippen molar-refractivity contribution in [2.75, 3.05) is 0 Å². The summed E-state index contributed by atoms with van der Waals surface area (Å²) >= 11 is 0. The van der Waals surface area contributed by atoms with Crippen LogP contribution in [-0.4, -0.2) is 11.1 Å². The van der Waals surface area contributed by atoms with Gasteiger partial charge in [0, 0.05) is 6.08 Å². The molecule has 0 atom stereocenters. The maximum absolute atomic E-state index is 10.3. The van der Waals surface area contributed by atoms with Crippen molar-refractivity contribution in [3.8, 4) is 11.1 Å². The third-order valence-corrected chi connectivity index (χ3v) is 2.66. The van der Waals surface area contributed by atoms with Crippen LogP contribution in [0.3, 0.4) is 0 Å². The first kappa shape index (κ1) is 12.8. The fraction of sp³-hybridized carbons (Fsp3) is 0. The minimum absolute atomic E-state index is 0.941. The van der Waals surface area contributed by atoms with Gasteiger partial charge < -0.3 is 5.11 Å². The van der Waals surface area contributed by atoms with Gasteiger partial charge in [-0.2, -0.15) is 0 Å². The van der Waals surface area contributed by atoms with E-state index in [4.69, 9.17) is 5.11 Å². The highest BCUT2D eigenvalue weighted by molar-refractivity contribution is 5.80. The van der Waals surface area contributed by atoms with Gasteiger partial charge in [-0.15, -0.1) is 0 Å². The van der Waals surface area contributed by atoms with Gasteiger partial charge in [0.1, 0.15) is 0 Å². The standard InChI is InChI=1S/C17H14O2/c18-17(19)9-5-4-6-14-10-12-16(13-11-14)15-7-2-1-3-8-15/h1-13H,(H,18,19). The van der Waals surface area contributed by atoms with Crippen molar-refractivity contribution in [2.24, 2.45) is 0 Å². The molecular formula is C17H14O2. The first-order chi connectivity index (χ1) is 9.25. The smallest absolute Gasteiger partial charge is 0.328 e. The molecule has 0 fully saturated rings. The van der Waals surface area contributed by atoms with Crippen LogP contribution in [0.4, 0.5) is 0 Å². The molecule has 0 heterocycles. The molecule has 2 aromatic carbocycles. The Balaban J connectivity index is 2.09. The minimum atomic E-state index is -0.941. The zero-order valence-electron chi connectivity index (χ0n) is 10.4. The summed E-state index contributed by atoms with van der Waals surface area (Å²) in [6.07, 6.45) is 6.20. The molecule has 0 bridgehead atoms. The van der Waals surface area contributed by atoms with Gasteiger partial charge in [0.2, 0.25) is 0 Å². The zero-order valence-corrected chi connectivity index (χ0v) is 10.4. The molecular weight excluding hydrogens is 236 g/mol. The van der Waals surface area contributed by atoms with Gasteiger partial charge in [0.25, 0.3) is 0 Å². The van der Waals surface area contributed by atoms with Crippen LogP contribution in [0.5, 0.6) is 0 Å². The van der Waals surface area contributed by atoms with Crippen molar-refractivity contribution in [3.05, 3.63) is 78.4 Å². The molecule has 0 saturated heterocycles. The Kier molecular flexibility index (Phi) is 4.29. The quantitative estimate of drug-likeness (QED) is 0.657. The number of carboxylic acid groups (broad SMARTS) is 1. The molecule has 0 saturated carbocycles. The Morgan fingerprint density at radius 2 is 1.47 bits per heavy atom. The van der Waals surface area contributed by atoms with Crippen molar-refractivity contribution in [1.29, 1.82) is 0 Å². The lowest BCUT2D eigenvalue weighted by Crippen LogP contribution is -1.84. The number of benzene rings is 2. The van der Waals surface area contributed by atoms with Gasteiger partial charge in [-0.05, 0) is 16.7 Å². The highest BCUT2D eigenvalue weighted by Gasteiger charge is 1.95. The van der Waals surface area contributed by atoms with E-state index in [9.17, 15) is 4.79 Å².